The van der Waals surface area contributed by atoms with Gasteiger partial charge in [0.2, 0.25) is 5.91 Å². The van der Waals surface area contributed by atoms with Crippen LogP contribution in [-0.4, -0.2) is 25.6 Å². The van der Waals surface area contributed by atoms with Crippen molar-refractivity contribution in [3.8, 4) is 0 Å². The molecule has 4 nitrogen and oxygen atoms in total. The first-order valence-electron chi connectivity index (χ1n) is 10.2. The fraction of sp³-hybridized carbons (Fsp3) is 0.292. The summed E-state index contributed by atoms with van der Waals surface area (Å²) in [4.78, 5) is 15.0. The van der Waals surface area contributed by atoms with Gasteiger partial charge in [0.25, 0.3) is 5.66 Å². The molecule has 1 aliphatic carbocycles. The molecule has 0 fully saturated rings. The highest BCUT2D eigenvalue weighted by Gasteiger charge is 2.28. The molecule has 1 amide bonds. The summed E-state index contributed by atoms with van der Waals surface area (Å²) >= 11 is 6.02. The molecule has 0 saturated carbocycles. The van der Waals surface area contributed by atoms with Crippen molar-refractivity contribution in [1.82, 2.24) is 0 Å². The molecule has 2 aromatic carbocycles. The molecule has 2 unspecified atom stereocenters. The molecular weight excluding hydrogens is 453 g/mol. The predicted octanol–water partition coefficient (Wildman–Crippen LogP) is 5.42. The van der Waals surface area contributed by atoms with Gasteiger partial charge in [-0.1, -0.05) is 57.3 Å². The molecule has 3 rings (SSSR count). The van der Waals surface area contributed by atoms with Crippen LogP contribution in [0.1, 0.15) is 24.0 Å². The molecule has 2 N–H and O–H groups in total. The maximum absolute atomic E-state index is 13.5. The molecule has 2 atom stereocenters. The van der Waals surface area contributed by atoms with Crippen LogP contribution >= 0.6 is 20.8 Å². The van der Waals surface area contributed by atoms with E-state index in [0.717, 1.165) is 12.0 Å². The Morgan fingerprint density at radius 2 is 1.88 bits per heavy atom. The van der Waals surface area contributed by atoms with Crippen molar-refractivity contribution in [1.29, 1.82) is 0 Å². The number of rotatable bonds is 8. The number of carbonyl (C=O) groups excluding carboxylic acids is 1. The van der Waals surface area contributed by atoms with Gasteiger partial charge in [-0.25, -0.2) is 0 Å². The van der Waals surface area contributed by atoms with Crippen molar-refractivity contribution in [2.45, 2.75) is 31.0 Å². The monoisotopic (exact) mass is 478 g/mol. The van der Waals surface area contributed by atoms with Gasteiger partial charge in [0, 0.05) is 34.8 Å². The van der Waals surface area contributed by atoms with Crippen LogP contribution in [0.4, 0.5) is 14.5 Å². The maximum Gasteiger partial charge on any atom is 0.283 e. The predicted molar refractivity (Wildman–Crippen MR) is 128 cm³/mol. The third kappa shape index (κ3) is 5.94. The molecule has 0 saturated heterocycles. The van der Waals surface area contributed by atoms with E-state index in [1.807, 2.05) is 12.2 Å². The third-order valence-electron chi connectivity index (χ3n) is 5.37. The number of amides is 1. The normalized spacial score (nSPS) is 14.9. The highest BCUT2D eigenvalue weighted by atomic mass is 35.5. The summed E-state index contributed by atoms with van der Waals surface area (Å²) in [6.07, 6.45) is 5.81. The second kappa shape index (κ2) is 10.6. The Hall–Kier alpha value is -2.27. The Bertz CT molecular complexity index is 1000. The average molecular weight is 479 g/mol. The van der Waals surface area contributed by atoms with Crippen molar-refractivity contribution in [2.24, 2.45) is 5.73 Å². The highest BCUT2D eigenvalue weighted by molar-refractivity contribution is 7.17. The van der Waals surface area contributed by atoms with Crippen molar-refractivity contribution in [3.63, 3.8) is 0 Å². The lowest BCUT2D eigenvalue weighted by Crippen LogP contribution is -2.46. The summed E-state index contributed by atoms with van der Waals surface area (Å²) in [6, 6.07) is 12.1. The smallest absolute Gasteiger partial charge is 0.283 e. The van der Waals surface area contributed by atoms with E-state index in [9.17, 15) is 13.6 Å². The van der Waals surface area contributed by atoms with Gasteiger partial charge < -0.3 is 15.4 Å². The topological polar surface area (TPSA) is 55.6 Å². The average Bonchev–Trinajstić information content (AvgIpc) is 2.79. The number of halogens is 3. The molecular formula is C24H26ClF2N2O2P. The van der Waals surface area contributed by atoms with Gasteiger partial charge >= 0.3 is 0 Å². The summed E-state index contributed by atoms with van der Waals surface area (Å²) in [6.45, 7) is 0.324. The van der Waals surface area contributed by atoms with E-state index in [0.29, 0.717) is 41.4 Å². The Labute approximate surface area is 194 Å². The first-order valence-corrected chi connectivity index (χ1v) is 11.2. The van der Waals surface area contributed by atoms with Crippen LogP contribution in [0.25, 0.3) is 0 Å². The second-order valence-corrected chi connectivity index (χ2v) is 8.70. The van der Waals surface area contributed by atoms with Gasteiger partial charge in [-0.2, -0.15) is 8.78 Å². The largest absolute Gasteiger partial charge is 0.501 e. The van der Waals surface area contributed by atoms with Gasteiger partial charge in [0.1, 0.15) is 11.8 Å². The molecule has 8 heteroatoms. The Balaban J connectivity index is 1.84. The van der Waals surface area contributed by atoms with Crippen LogP contribution in [0, 0.1) is 0 Å². The number of benzene rings is 2. The van der Waals surface area contributed by atoms with Crippen LogP contribution in [0.3, 0.4) is 0 Å². The Kier molecular flexibility index (Phi) is 8.05. The SMILES string of the molecule is COC1=C(C(N)C(=O)N(CCc2ccc(C(F)(F)P)cc2)c2ccc(Cl)cc2)C=CCC1. The number of carbonyl (C=O) groups is 1. The fourth-order valence-corrected chi connectivity index (χ4v) is 3.90. The molecule has 2 aromatic rings. The lowest BCUT2D eigenvalue weighted by atomic mass is 9.97. The zero-order valence-corrected chi connectivity index (χ0v) is 19.6. The van der Waals surface area contributed by atoms with E-state index in [-0.39, 0.29) is 11.5 Å². The van der Waals surface area contributed by atoms with Crippen molar-refractivity contribution in [2.75, 3.05) is 18.6 Å². The van der Waals surface area contributed by atoms with E-state index < -0.39 is 11.7 Å². The number of hydrogen-bond donors (Lipinski definition) is 1. The lowest BCUT2D eigenvalue weighted by Gasteiger charge is -2.28. The fourth-order valence-electron chi connectivity index (χ4n) is 3.58. The molecule has 0 aliphatic heterocycles. The van der Waals surface area contributed by atoms with Crippen LogP contribution in [0.15, 0.2) is 72.0 Å². The minimum atomic E-state index is -2.98. The Morgan fingerprint density at radius 1 is 1.22 bits per heavy atom. The molecule has 170 valence electrons. The molecule has 0 radical (unpaired) electrons. The van der Waals surface area contributed by atoms with Gasteiger partial charge in [-0.3, -0.25) is 4.79 Å². The summed E-state index contributed by atoms with van der Waals surface area (Å²) in [5.41, 5.74) is 5.46. The van der Waals surface area contributed by atoms with Crippen molar-refractivity contribution < 1.29 is 18.3 Å². The van der Waals surface area contributed by atoms with Gasteiger partial charge in [-0.15, -0.1) is 0 Å². The lowest BCUT2D eigenvalue weighted by molar-refractivity contribution is -0.119. The number of anilines is 1. The van der Waals surface area contributed by atoms with Crippen molar-refractivity contribution >= 4 is 32.4 Å². The zero-order chi connectivity index (χ0) is 23.3. The molecule has 0 aromatic heterocycles. The molecule has 0 bridgehead atoms. The van der Waals surface area contributed by atoms with E-state index in [1.165, 1.54) is 21.4 Å². The number of nitrogens with two attached hydrogens (primary N) is 1. The third-order valence-corrected chi connectivity index (χ3v) is 5.96. The number of alkyl halides is 2. The van der Waals surface area contributed by atoms with Crippen LogP contribution < -0.4 is 10.6 Å². The highest BCUT2D eigenvalue weighted by Crippen LogP contribution is 2.34. The van der Waals surface area contributed by atoms with E-state index in [2.05, 4.69) is 0 Å². The van der Waals surface area contributed by atoms with E-state index >= 15 is 0 Å². The van der Waals surface area contributed by atoms with Gasteiger partial charge in [0.15, 0.2) is 0 Å². The quantitative estimate of drug-likeness (QED) is 0.516. The first-order chi connectivity index (χ1) is 15.2. The van der Waals surface area contributed by atoms with Crippen LogP contribution in [0.5, 0.6) is 0 Å². The molecule has 0 spiro atoms. The van der Waals surface area contributed by atoms with E-state index in [1.54, 1.807) is 48.4 Å². The summed E-state index contributed by atoms with van der Waals surface area (Å²) < 4.78 is 32.3. The molecule has 1 aliphatic rings. The van der Waals surface area contributed by atoms with Crippen LogP contribution in [0.2, 0.25) is 5.02 Å². The molecule has 32 heavy (non-hydrogen) atoms. The summed E-state index contributed by atoms with van der Waals surface area (Å²) in [5, 5.41) is 0.555. The number of methoxy groups -OCH3 is 1. The molecule has 0 heterocycles. The van der Waals surface area contributed by atoms with Crippen molar-refractivity contribution in [3.05, 3.63) is 88.2 Å². The van der Waals surface area contributed by atoms with E-state index in [4.69, 9.17) is 22.1 Å². The number of allylic oxidation sites excluding steroid dienone is 2. The number of nitrogens with zero attached hydrogens (tertiary/aromatic N) is 1. The standard InChI is InChI=1S/C24H26ClF2N2O2P/c1-31-21-5-3-2-4-20(21)22(28)23(30)29(19-12-10-18(25)11-13-19)15-14-16-6-8-17(9-7-16)24(26,27)32/h2,4,6-13,22H,3,5,14-15,28,32H2,1H3. The van der Waals surface area contributed by atoms with Crippen LogP contribution in [-0.2, 0) is 21.6 Å². The minimum Gasteiger partial charge on any atom is -0.501 e. The summed E-state index contributed by atoms with van der Waals surface area (Å²) in [5.74, 6) is 0.426. The number of ether oxygens (including phenoxy) is 1. The first kappa shape index (κ1) is 24.4. The maximum atomic E-state index is 13.5. The zero-order valence-electron chi connectivity index (χ0n) is 17.7. The minimum absolute atomic E-state index is 0.0815. The number of hydrogen-bond acceptors (Lipinski definition) is 3. The second-order valence-electron chi connectivity index (χ2n) is 7.54. The summed E-state index contributed by atoms with van der Waals surface area (Å²) in [7, 11) is 3.11. The van der Waals surface area contributed by atoms with Gasteiger partial charge in [-0.05, 0) is 42.7 Å². The van der Waals surface area contributed by atoms with Gasteiger partial charge in [0.05, 0.1) is 7.11 Å². The Morgan fingerprint density at radius 3 is 2.47 bits per heavy atom.